The van der Waals surface area contributed by atoms with Crippen molar-refractivity contribution in [2.24, 2.45) is 0 Å². The number of hydrogen-bond acceptors (Lipinski definition) is 3. The first-order valence-electron chi connectivity index (χ1n) is 8.35. The largest absolute Gasteiger partial charge is 0.337 e. The van der Waals surface area contributed by atoms with Gasteiger partial charge in [0.2, 0.25) is 0 Å². The van der Waals surface area contributed by atoms with Crippen LogP contribution in [-0.4, -0.2) is 39.7 Å². The number of carbonyl (C=O) groups is 1. The van der Waals surface area contributed by atoms with E-state index in [9.17, 15) is 4.79 Å². The second kappa shape index (κ2) is 7.42. The molecular formula is C18H24N4O. The van der Waals surface area contributed by atoms with E-state index in [0.717, 1.165) is 39.0 Å². The van der Waals surface area contributed by atoms with Gasteiger partial charge >= 0.3 is 0 Å². The average Bonchev–Trinajstić information content (AvgIpc) is 3.10. The molecular weight excluding hydrogens is 288 g/mol. The summed E-state index contributed by atoms with van der Waals surface area (Å²) >= 11 is 0. The van der Waals surface area contributed by atoms with Crippen LogP contribution in [0.3, 0.4) is 0 Å². The van der Waals surface area contributed by atoms with Crippen molar-refractivity contribution in [1.29, 1.82) is 0 Å². The third kappa shape index (κ3) is 3.99. The molecule has 2 aromatic rings. The summed E-state index contributed by atoms with van der Waals surface area (Å²) in [4.78, 5) is 14.5. The Bertz CT molecular complexity index is 637. The molecule has 1 aliphatic heterocycles. The molecule has 0 aliphatic carbocycles. The monoisotopic (exact) mass is 312 g/mol. The molecule has 1 aromatic heterocycles. The van der Waals surface area contributed by atoms with Gasteiger partial charge in [-0.25, -0.2) is 0 Å². The standard InChI is InChI=1S/C18H24N4O/c1-2-22-13-16(12-20-22)18(23)21-10-6-9-17(14-21)19-11-15-7-4-3-5-8-15/h3-5,7-8,12-13,17,19H,2,6,9-11,14H2,1H3. The van der Waals surface area contributed by atoms with Crippen molar-refractivity contribution in [1.82, 2.24) is 20.0 Å². The second-order valence-electron chi connectivity index (χ2n) is 6.04. The first-order valence-corrected chi connectivity index (χ1v) is 8.35. The Morgan fingerprint density at radius 3 is 2.91 bits per heavy atom. The van der Waals surface area contributed by atoms with Crippen molar-refractivity contribution in [2.45, 2.75) is 38.9 Å². The molecule has 2 heterocycles. The number of carbonyl (C=O) groups excluding carboxylic acids is 1. The molecule has 1 aromatic carbocycles. The number of nitrogens with one attached hydrogen (secondary N) is 1. The zero-order chi connectivity index (χ0) is 16.1. The number of aromatic nitrogens is 2. The molecule has 0 saturated carbocycles. The lowest BCUT2D eigenvalue weighted by Crippen LogP contribution is -2.47. The Morgan fingerprint density at radius 2 is 2.17 bits per heavy atom. The molecule has 5 heteroatoms. The summed E-state index contributed by atoms with van der Waals surface area (Å²) in [7, 11) is 0. The van der Waals surface area contributed by atoms with Crippen molar-refractivity contribution < 1.29 is 4.79 Å². The van der Waals surface area contributed by atoms with Crippen molar-refractivity contribution in [3.63, 3.8) is 0 Å². The molecule has 1 N–H and O–H groups in total. The average molecular weight is 312 g/mol. The summed E-state index contributed by atoms with van der Waals surface area (Å²) in [6.07, 6.45) is 5.67. The molecule has 0 spiro atoms. The minimum absolute atomic E-state index is 0.0934. The van der Waals surface area contributed by atoms with Crippen LogP contribution in [0.25, 0.3) is 0 Å². The van der Waals surface area contributed by atoms with Gasteiger partial charge in [0.25, 0.3) is 5.91 Å². The van der Waals surface area contributed by atoms with Gasteiger partial charge in [0, 0.05) is 38.4 Å². The Kier molecular flexibility index (Phi) is 5.08. The zero-order valence-corrected chi connectivity index (χ0v) is 13.6. The van der Waals surface area contributed by atoms with Gasteiger partial charge in [-0.2, -0.15) is 5.10 Å². The molecule has 3 rings (SSSR count). The molecule has 23 heavy (non-hydrogen) atoms. The number of rotatable bonds is 5. The smallest absolute Gasteiger partial charge is 0.257 e. The summed E-state index contributed by atoms with van der Waals surface area (Å²) in [6.45, 7) is 5.25. The summed E-state index contributed by atoms with van der Waals surface area (Å²) in [5.41, 5.74) is 1.97. The van der Waals surface area contributed by atoms with Crippen LogP contribution in [0.5, 0.6) is 0 Å². The maximum atomic E-state index is 12.6. The minimum Gasteiger partial charge on any atom is -0.337 e. The SMILES string of the molecule is CCn1cc(C(=O)N2CCCC(NCc3ccccc3)C2)cn1. The van der Waals surface area contributed by atoms with Gasteiger partial charge in [-0.1, -0.05) is 30.3 Å². The third-order valence-electron chi connectivity index (χ3n) is 4.35. The van der Waals surface area contributed by atoms with Crippen LogP contribution in [0.4, 0.5) is 0 Å². The molecule has 1 unspecified atom stereocenters. The Balaban J connectivity index is 1.56. The van der Waals surface area contributed by atoms with Gasteiger partial charge in [0.15, 0.2) is 0 Å². The fraction of sp³-hybridized carbons (Fsp3) is 0.444. The number of amides is 1. The number of benzene rings is 1. The molecule has 1 atom stereocenters. The molecule has 1 amide bonds. The highest BCUT2D eigenvalue weighted by Gasteiger charge is 2.24. The van der Waals surface area contributed by atoms with Crippen LogP contribution in [0, 0.1) is 0 Å². The quantitative estimate of drug-likeness (QED) is 0.921. The van der Waals surface area contributed by atoms with Gasteiger partial charge < -0.3 is 10.2 Å². The first kappa shape index (κ1) is 15.7. The molecule has 1 fully saturated rings. The highest BCUT2D eigenvalue weighted by Crippen LogP contribution is 2.14. The van der Waals surface area contributed by atoms with E-state index in [0.29, 0.717) is 11.6 Å². The van der Waals surface area contributed by atoms with Crippen molar-refractivity contribution >= 4 is 5.91 Å². The van der Waals surface area contributed by atoms with Gasteiger partial charge in [-0.15, -0.1) is 0 Å². The van der Waals surface area contributed by atoms with Crippen LogP contribution in [-0.2, 0) is 13.1 Å². The lowest BCUT2D eigenvalue weighted by atomic mass is 10.0. The second-order valence-corrected chi connectivity index (χ2v) is 6.04. The van der Waals surface area contributed by atoms with E-state index in [-0.39, 0.29) is 5.91 Å². The summed E-state index contributed by atoms with van der Waals surface area (Å²) < 4.78 is 1.79. The maximum Gasteiger partial charge on any atom is 0.257 e. The molecule has 5 nitrogen and oxygen atoms in total. The van der Waals surface area contributed by atoms with Crippen molar-refractivity contribution in [3.05, 3.63) is 53.9 Å². The lowest BCUT2D eigenvalue weighted by molar-refractivity contribution is 0.0694. The van der Waals surface area contributed by atoms with Crippen molar-refractivity contribution in [2.75, 3.05) is 13.1 Å². The fourth-order valence-electron chi connectivity index (χ4n) is 3.02. The summed E-state index contributed by atoms with van der Waals surface area (Å²) in [5.74, 6) is 0.0934. The first-order chi connectivity index (χ1) is 11.3. The molecule has 1 aliphatic rings. The fourth-order valence-corrected chi connectivity index (χ4v) is 3.02. The van der Waals surface area contributed by atoms with Crippen molar-refractivity contribution in [3.8, 4) is 0 Å². The van der Waals surface area contributed by atoms with E-state index < -0.39 is 0 Å². The number of aryl methyl sites for hydroxylation is 1. The van der Waals surface area contributed by atoms with Crippen LogP contribution in [0.15, 0.2) is 42.7 Å². The molecule has 122 valence electrons. The minimum atomic E-state index is 0.0934. The highest BCUT2D eigenvalue weighted by molar-refractivity contribution is 5.93. The Morgan fingerprint density at radius 1 is 1.35 bits per heavy atom. The molecule has 0 bridgehead atoms. The number of piperidine rings is 1. The Labute approximate surface area is 137 Å². The van der Waals surface area contributed by atoms with Crippen LogP contribution in [0.1, 0.15) is 35.7 Å². The number of hydrogen-bond donors (Lipinski definition) is 1. The molecule has 1 saturated heterocycles. The van der Waals surface area contributed by atoms with Gasteiger partial charge in [0.05, 0.1) is 11.8 Å². The van der Waals surface area contributed by atoms with Gasteiger partial charge in [-0.05, 0) is 25.3 Å². The predicted octanol–water partition coefficient (Wildman–Crippen LogP) is 2.30. The topological polar surface area (TPSA) is 50.2 Å². The van der Waals surface area contributed by atoms with E-state index in [4.69, 9.17) is 0 Å². The number of likely N-dealkylation sites (tertiary alicyclic amines) is 1. The summed E-state index contributed by atoms with van der Waals surface area (Å²) in [5, 5.41) is 7.78. The van der Waals surface area contributed by atoms with E-state index >= 15 is 0 Å². The van der Waals surface area contributed by atoms with Gasteiger partial charge in [-0.3, -0.25) is 9.48 Å². The normalized spacial score (nSPS) is 18.1. The molecule has 0 radical (unpaired) electrons. The van der Waals surface area contributed by atoms with E-state index in [1.807, 2.05) is 24.1 Å². The Hall–Kier alpha value is -2.14. The third-order valence-corrected chi connectivity index (χ3v) is 4.35. The maximum absolute atomic E-state index is 12.6. The van der Waals surface area contributed by atoms with E-state index in [1.165, 1.54) is 5.56 Å². The predicted molar refractivity (Wildman–Crippen MR) is 90.1 cm³/mol. The lowest BCUT2D eigenvalue weighted by Gasteiger charge is -2.33. The van der Waals surface area contributed by atoms with E-state index in [2.05, 4.69) is 34.7 Å². The number of nitrogens with zero attached hydrogens (tertiary/aromatic N) is 3. The van der Waals surface area contributed by atoms with Crippen LogP contribution in [0.2, 0.25) is 0 Å². The van der Waals surface area contributed by atoms with Gasteiger partial charge in [0.1, 0.15) is 0 Å². The highest BCUT2D eigenvalue weighted by atomic mass is 16.2. The van der Waals surface area contributed by atoms with E-state index in [1.54, 1.807) is 10.9 Å². The van der Waals surface area contributed by atoms with Crippen LogP contribution < -0.4 is 5.32 Å². The van der Waals surface area contributed by atoms with Crippen LogP contribution >= 0.6 is 0 Å². The zero-order valence-electron chi connectivity index (χ0n) is 13.6. The summed E-state index contributed by atoms with van der Waals surface area (Å²) in [6, 6.07) is 10.7.